The molecule has 0 radical (unpaired) electrons. The topological polar surface area (TPSA) is 86.0 Å². The summed E-state index contributed by atoms with van der Waals surface area (Å²) < 4.78 is 2.08. The van der Waals surface area contributed by atoms with E-state index in [1.165, 1.54) is 5.56 Å². The van der Waals surface area contributed by atoms with Crippen molar-refractivity contribution in [2.24, 2.45) is 0 Å². The fourth-order valence-corrected chi connectivity index (χ4v) is 3.99. The molecule has 1 fully saturated rings. The summed E-state index contributed by atoms with van der Waals surface area (Å²) in [6.07, 6.45) is 4.36. The first-order chi connectivity index (χ1) is 15.7. The Morgan fingerprint density at radius 1 is 1.12 bits per heavy atom. The van der Waals surface area contributed by atoms with Gasteiger partial charge in [0, 0.05) is 57.6 Å². The van der Waals surface area contributed by atoms with Crippen molar-refractivity contribution in [2.75, 3.05) is 26.2 Å². The van der Waals surface area contributed by atoms with Crippen LogP contribution in [0.15, 0.2) is 67.1 Å². The van der Waals surface area contributed by atoms with Crippen LogP contribution in [0.3, 0.4) is 0 Å². The van der Waals surface area contributed by atoms with Gasteiger partial charge >= 0.3 is 0 Å². The number of imidazole rings is 1. The van der Waals surface area contributed by atoms with Crippen LogP contribution in [0, 0.1) is 11.3 Å². The highest BCUT2D eigenvalue weighted by atomic mass is 16.2. The first-order valence-electron chi connectivity index (χ1n) is 11.0. The van der Waals surface area contributed by atoms with Crippen LogP contribution in [0.4, 0.5) is 0 Å². The molecule has 0 unspecified atom stereocenters. The van der Waals surface area contributed by atoms with Crippen LogP contribution < -0.4 is 10.6 Å². The van der Waals surface area contributed by atoms with Crippen LogP contribution in [0.1, 0.15) is 22.4 Å². The van der Waals surface area contributed by atoms with Crippen LogP contribution in [0.25, 0.3) is 0 Å². The second-order valence-electron chi connectivity index (χ2n) is 8.09. The van der Waals surface area contributed by atoms with E-state index in [-0.39, 0.29) is 11.9 Å². The van der Waals surface area contributed by atoms with Crippen LogP contribution in [0.2, 0.25) is 0 Å². The maximum absolute atomic E-state index is 12.7. The van der Waals surface area contributed by atoms with Gasteiger partial charge in [0.1, 0.15) is 0 Å². The number of piperazine rings is 1. The monoisotopic (exact) mass is 428 g/mol. The Balaban J connectivity index is 1.25. The molecular formula is C25H28N6O. The number of hydrogen-bond donors (Lipinski definition) is 2. The van der Waals surface area contributed by atoms with Gasteiger partial charge in [-0.3, -0.25) is 9.69 Å². The first-order valence-corrected chi connectivity index (χ1v) is 11.0. The summed E-state index contributed by atoms with van der Waals surface area (Å²) >= 11 is 0. The molecule has 164 valence electrons. The quantitative estimate of drug-likeness (QED) is 0.573. The number of amides is 1. The lowest BCUT2D eigenvalue weighted by atomic mass is 10.1. The lowest BCUT2D eigenvalue weighted by Crippen LogP contribution is -2.57. The Hall–Kier alpha value is -3.47. The van der Waals surface area contributed by atoms with Gasteiger partial charge in [0.25, 0.3) is 0 Å². The molecule has 7 heteroatoms. The van der Waals surface area contributed by atoms with Gasteiger partial charge in [-0.1, -0.05) is 42.5 Å². The normalized spacial score (nSPS) is 16.4. The molecule has 0 spiro atoms. The molecule has 2 aromatic carbocycles. The molecule has 2 heterocycles. The van der Waals surface area contributed by atoms with E-state index in [9.17, 15) is 4.79 Å². The molecule has 0 aliphatic carbocycles. The zero-order chi connectivity index (χ0) is 22.2. The fourth-order valence-electron chi connectivity index (χ4n) is 3.99. The number of benzene rings is 2. The van der Waals surface area contributed by atoms with E-state index in [2.05, 4.69) is 43.3 Å². The third-order valence-electron chi connectivity index (χ3n) is 5.74. The van der Waals surface area contributed by atoms with Crippen molar-refractivity contribution in [1.29, 1.82) is 5.26 Å². The average molecular weight is 429 g/mol. The Morgan fingerprint density at radius 3 is 2.69 bits per heavy atom. The zero-order valence-corrected chi connectivity index (χ0v) is 18.1. The summed E-state index contributed by atoms with van der Waals surface area (Å²) in [5.74, 6) is 0.0425. The summed E-state index contributed by atoms with van der Waals surface area (Å²) in [4.78, 5) is 19.3. The lowest BCUT2D eigenvalue weighted by Gasteiger charge is -2.33. The number of nitriles is 1. The first kappa shape index (κ1) is 21.8. The van der Waals surface area contributed by atoms with Crippen molar-refractivity contribution in [3.63, 3.8) is 0 Å². The second-order valence-corrected chi connectivity index (χ2v) is 8.09. The third-order valence-corrected chi connectivity index (χ3v) is 5.74. The molecule has 32 heavy (non-hydrogen) atoms. The molecule has 7 nitrogen and oxygen atoms in total. The molecular weight excluding hydrogens is 400 g/mol. The molecule has 0 bridgehead atoms. The minimum absolute atomic E-state index is 0.0425. The van der Waals surface area contributed by atoms with Gasteiger partial charge in [-0.15, -0.1) is 0 Å². The molecule has 1 aromatic heterocycles. The largest absolute Gasteiger partial charge is 0.354 e. The van der Waals surface area contributed by atoms with Crippen LogP contribution in [0.5, 0.6) is 0 Å². The lowest BCUT2D eigenvalue weighted by molar-refractivity contribution is -0.124. The summed E-state index contributed by atoms with van der Waals surface area (Å²) in [6.45, 7) is 4.57. The van der Waals surface area contributed by atoms with Crippen molar-refractivity contribution in [3.05, 3.63) is 89.5 Å². The molecule has 1 aliphatic rings. The van der Waals surface area contributed by atoms with E-state index < -0.39 is 0 Å². The molecule has 0 saturated carbocycles. The standard InChI is InChI=1S/C25H28N6O/c26-14-20-6-8-22(9-7-20)17-31-19-27-15-23(31)10-11-29-25(32)24-18-30(13-12-28-24)16-21-4-2-1-3-5-21/h1-9,15,19,24,28H,10-13,16-18H2,(H,29,32)/t24-/m1/s1. The Morgan fingerprint density at radius 2 is 1.91 bits per heavy atom. The summed E-state index contributed by atoms with van der Waals surface area (Å²) in [7, 11) is 0. The van der Waals surface area contributed by atoms with E-state index in [1.807, 2.05) is 48.7 Å². The number of nitrogens with zero attached hydrogens (tertiary/aromatic N) is 4. The van der Waals surface area contributed by atoms with E-state index in [1.54, 1.807) is 6.33 Å². The highest BCUT2D eigenvalue weighted by molar-refractivity contribution is 5.82. The van der Waals surface area contributed by atoms with Crippen LogP contribution in [-0.2, 0) is 24.3 Å². The molecule has 3 aromatic rings. The average Bonchev–Trinajstić information content (AvgIpc) is 3.27. The number of hydrogen-bond acceptors (Lipinski definition) is 5. The summed E-state index contributed by atoms with van der Waals surface area (Å²) in [6, 6.07) is 19.9. The summed E-state index contributed by atoms with van der Waals surface area (Å²) in [5.41, 5.74) is 4.10. The number of aromatic nitrogens is 2. The molecule has 1 amide bonds. The minimum atomic E-state index is -0.198. The zero-order valence-electron chi connectivity index (χ0n) is 18.1. The highest BCUT2D eigenvalue weighted by Crippen LogP contribution is 2.10. The van der Waals surface area contributed by atoms with Crippen molar-refractivity contribution < 1.29 is 4.79 Å². The molecule has 2 N–H and O–H groups in total. The van der Waals surface area contributed by atoms with Gasteiger partial charge in [0.15, 0.2) is 0 Å². The van der Waals surface area contributed by atoms with Crippen LogP contribution >= 0.6 is 0 Å². The molecule has 4 rings (SSSR count). The van der Waals surface area contributed by atoms with Crippen molar-refractivity contribution >= 4 is 5.91 Å². The van der Waals surface area contributed by atoms with E-state index in [4.69, 9.17) is 5.26 Å². The second kappa shape index (κ2) is 10.7. The van der Waals surface area contributed by atoms with Gasteiger partial charge in [-0.25, -0.2) is 4.98 Å². The maximum atomic E-state index is 12.7. The Bertz CT molecular complexity index is 1050. The number of carbonyl (C=O) groups is 1. The predicted molar refractivity (Wildman–Crippen MR) is 123 cm³/mol. The predicted octanol–water partition coefficient (Wildman–Crippen LogP) is 1.94. The summed E-state index contributed by atoms with van der Waals surface area (Å²) in [5, 5.41) is 15.4. The fraction of sp³-hybridized carbons (Fsp3) is 0.320. The van der Waals surface area contributed by atoms with Gasteiger partial charge in [0.05, 0.1) is 24.0 Å². The van der Waals surface area contributed by atoms with Gasteiger partial charge in [-0.2, -0.15) is 5.26 Å². The van der Waals surface area contributed by atoms with E-state index in [0.717, 1.165) is 30.9 Å². The van der Waals surface area contributed by atoms with Crippen molar-refractivity contribution in [2.45, 2.75) is 25.6 Å². The smallest absolute Gasteiger partial charge is 0.238 e. The minimum Gasteiger partial charge on any atom is -0.354 e. The van der Waals surface area contributed by atoms with Gasteiger partial charge in [-0.05, 0) is 23.3 Å². The highest BCUT2D eigenvalue weighted by Gasteiger charge is 2.25. The van der Waals surface area contributed by atoms with Gasteiger partial charge in [0.2, 0.25) is 5.91 Å². The SMILES string of the molecule is N#Cc1ccc(Cn2cncc2CCNC(=O)[C@H]2CN(Cc3ccccc3)CCN2)cc1. The van der Waals surface area contributed by atoms with Crippen molar-refractivity contribution in [3.8, 4) is 6.07 Å². The molecule has 1 aliphatic heterocycles. The number of carbonyl (C=O) groups excluding carboxylic acids is 1. The Kier molecular flexibility index (Phi) is 7.28. The third kappa shape index (κ3) is 5.82. The number of nitrogens with one attached hydrogen (secondary N) is 2. The molecule has 1 saturated heterocycles. The van der Waals surface area contributed by atoms with E-state index >= 15 is 0 Å². The molecule has 1 atom stereocenters. The van der Waals surface area contributed by atoms with Gasteiger partial charge < -0.3 is 15.2 Å². The van der Waals surface area contributed by atoms with Crippen molar-refractivity contribution in [1.82, 2.24) is 25.1 Å². The van der Waals surface area contributed by atoms with E-state index in [0.29, 0.717) is 31.6 Å². The number of rotatable bonds is 8. The maximum Gasteiger partial charge on any atom is 0.238 e. The Labute approximate surface area is 188 Å². The van der Waals surface area contributed by atoms with Crippen LogP contribution in [-0.4, -0.2) is 52.6 Å².